The molecule has 0 radical (unpaired) electrons. The average Bonchev–Trinajstić information content (AvgIpc) is 2.34. The average molecular weight is 270 g/mol. The van der Waals surface area contributed by atoms with E-state index in [9.17, 15) is 14.9 Å². The summed E-state index contributed by atoms with van der Waals surface area (Å²) in [5, 5.41) is 19.8. The summed E-state index contributed by atoms with van der Waals surface area (Å²) in [6, 6.07) is 3.77. The highest BCUT2D eigenvalue weighted by atomic mass is 32.2. The third-order valence-corrected chi connectivity index (χ3v) is 3.06. The van der Waals surface area contributed by atoms with Gasteiger partial charge in [0.05, 0.1) is 16.2 Å². The first-order chi connectivity index (χ1) is 8.47. The molecule has 98 valence electrons. The molecule has 1 aromatic carbocycles. The highest BCUT2D eigenvalue weighted by molar-refractivity contribution is 7.98. The van der Waals surface area contributed by atoms with Crippen LogP contribution in [-0.4, -0.2) is 41.6 Å². The van der Waals surface area contributed by atoms with E-state index in [0.29, 0.717) is 12.2 Å². The Morgan fingerprint density at radius 1 is 1.56 bits per heavy atom. The van der Waals surface area contributed by atoms with Crippen molar-refractivity contribution in [2.45, 2.75) is 0 Å². The topological polar surface area (TPSA) is 83.7 Å². The number of nitro groups is 1. The van der Waals surface area contributed by atoms with Gasteiger partial charge in [0.25, 0.3) is 5.69 Å². The predicted octanol–water partition coefficient (Wildman–Crippen LogP) is 2.09. The van der Waals surface area contributed by atoms with Gasteiger partial charge in [-0.3, -0.25) is 10.1 Å². The molecule has 6 nitrogen and oxygen atoms in total. The van der Waals surface area contributed by atoms with Crippen molar-refractivity contribution in [2.24, 2.45) is 0 Å². The molecule has 0 bridgehead atoms. The van der Waals surface area contributed by atoms with E-state index in [4.69, 9.17) is 5.11 Å². The SMILES string of the molecule is CSCCN(C)c1cc([N+](=O)[O-])ccc1C(=O)O. The summed E-state index contributed by atoms with van der Waals surface area (Å²) in [5.41, 5.74) is 0.334. The van der Waals surface area contributed by atoms with Crippen molar-refractivity contribution in [3.63, 3.8) is 0 Å². The molecule has 0 aliphatic carbocycles. The lowest BCUT2D eigenvalue weighted by atomic mass is 10.1. The third kappa shape index (κ3) is 3.36. The van der Waals surface area contributed by atoms with Gasteiger partial charge in [-0.15, -0.1) is 0 Å². The third-order valence-electron chi connectivity index (χ3n) is 2.46. The number of rotatable bonds is 6. The fraction of sp³-hybridized carbons (Fsp3) is 0.364. The monoisotopic (exact) mass is 270 g/mol. The van der Waals surface area contributed by atoms with Gasteiger partial charge in [-0.05, 0) is 12.3 Å². The van der Waals surface area contributed by atoms with Crippen LogP contribution in [0.3, 0.4) is 0 Å². The number of anilines is 1. The lowest BCUT2D eigenvalue weighted by Gasteiger charge is -2.20. The molecule has 0 aliphatic heterocycles. The number of carboxylic acid groups (broad SMARTS) is 1. The Kier molecular flexibility index (Phi) is 4.96. The van der Waals surface area contributed by atoms with E-state index in [2.05, 4.69) is 0 Å². The van der Waals surface area contributed by atoms with Crippen LogP contribution in [0.4, 0.5) is 11.4 Å². The van der Waals surface area contributed by atoms with Gasteiger partial charge >= 0.3 is 5.97 Å². The van der Waals surface area contributed by atoms with Gasteiger partial charge in [0.15, 0.2) is 0 Å². The number of nitrogens with zero attached hydrogens (tertiary/aromatic N) is 2. The predicted molar refractivity (Wildman–Crippen MR) is 71.7 cm³/mol. The van der Waals surface area contributed by atoms with Crippen LogP contribution < -0.4 is 4.90 Å². The summed E-state index contributed by atoms with van der Waals surface area (Å²) in [6.45, 7) is 0.628. The van der Waals surface area contributed by atoms with E-state index >= 15 is 0 Å². The number of nitro benzene ring substituents is 1. The molecule has 18 heavy (non-hydrogen) atoms. The Morgan fingerprint density at radius 2 is 2.22 bits per heavy atom. The van der Waals surface area contributed by atoms with E-state index < -0.39 is 10.9 Å². The molecule has 7 heteroatoms. The zero-order chi connectivity index (χ0) is 13.7. The molecule has 0 fully saturated rings. The van der Waals surface area contributed by atoms with E-state index in [1.54, 1.807) is 23.7 Å². The van der Waals surface area contributed by atoms with Gasteiger partial charge in [0.2, 0.25) is 0 Å². The van der Waals surface area contributed by atoms with Crippen LogP contribution in [0.1, 0.15) is 10.4 Å². The first kappa shape index (κ1) is 14.3. The van der Waals surface area contributed by atoms with Crippen molar-refractivity contribution >= 4 is 29.1 Å². The summed E-state index contributed by atoms with van der Waals surface area (Å²) >= 11 is 1.63. The molecule has 0 saturated heterocycles. The fourth-order valence-corrected chi connectivity index (χ4v) is 1.94. The largest absolute Gasteiger partial charge is 0.478 e. The van der Waals surface area contributed by atoms with Crippen molar-refractivity contribution in [1.82, 2.24) is 0 Å². The molecule has 1 aromatic rings. The van der Waals surface area contributed by atoms with Crippen molar-refractivity contribution in [3.05, 3.63) is 33.9 Å². The van der Waals surface area contributed by atoms with E-state index in [1.807, 2.05) is 6.26 Å². The number of carboxylic acids is 1. The Labute approximate surface area is 109 Å². The molecule has 0 amide bonds. The van der Waals surface area contributed by atoms with E-state index in [1.165, 1.54) is 18.2 Å². The number of non-ortho nitro benzene ring substituents is 1. The molecule has 0 atom stereocenters. The van der Waals surface area contributed by atoms with Crippen molar-refractivity contribution in [2.75, 3.05) is 30.5 Å². The van der Waals surface area contributed by atoms with Gasteiger partial charge in [-0.25, -0.2) is 4.79 Å². The van der Waals surface area contributed by atoms with Crippen LogP contribution in [0.2, 0.25) is 0 Å². The second-order valence-corrected chi connectivity index (χ2v) is 4.66. The Hall–Kier alpha value is -1.76. The lowest BCUT2D eigenvalue weighted by molar-refractivity contribution is -0.384. The Bertz CT molecular complexity index is 464. The zero-order valence-electron chi connectivity index (χ0n) is 10.1. The summed E-state index contributed by atoms with van der Waals surface area (Å²) in [5.74, 6) is -0.269. The first-order valence-electron chi connectivity index (χ1n) is 5.19. The number of thioether (sulfide) groups is 1. The molecule has 0 aliphatic rings. The van der Waals surface area contributed by atoms with Crippen LogP contribution in [0, 0.1) is 10.1 Å². The maximum absolute atomic E-state index is 11.1. The summed E-state index contributed by atoms with van der Waals surface area (Å²) < 4.78 is 0. The second kappa shape index (κ2) is 6.25. The van der Waals surface area contributed by atoms with Crippen LogP contribution in [0.25, 0.3) is 0 Å². The minimum atomic E-state index is -1.09. The van der Waals surface area contributed by atoms with Crippen molar-refractivity contribution in [3.8, 4) is 0 Å². The normalized spacial score (nSPS) is 10.1. The molecule has 1 rings (SSSR count). The molecule has 1 N–H and O–H groups in total. The molecule has 0 saturated carbocycles. The van der Waals surface area contributed by atoms with Gasteiger partial charge in [-0.1, -0.05) is 0 Å². The van der Waals surface area contributed by atoms with Crippen LogP contribution in [-0.2, 0) is 0 Å². The zero-order valence-corrected chi connectivity index (χ0v) is 10.9. The van der Waals surface area contributed by atoms with Crippen molar-refractivity contribution < 1.29 is 14.8 Å². The highest BCUT2D eigenvalue weighted by Crippen LogP contribution is 2.25. The quantitative estimate of drug-likeness (QED) is 0.629. The van der Waals surface area contributed by atoms with Crippen molar-refractivity contribution in [1.29, 1.82) is 0 Å². The van der Waals surface area contributed by atoms with E-state index in [-0.39, 0.29) is 11.3 Å². The smallest absolute Gasteiger partial charge is 0.337 e. The fourth-order valence-electron chi connectivity index (χ4n) is 1.48. The van der Waals surface area contributed by atoms with Gasteiger partial charge in [0, 0.05) is 31.5 Å². The molecule has 0 spiro atoms. The van der Waals surface area contributed by atoms with Crippen LogP contribution >= 0.6 is 11.8 Å². The molecular formula is C11H14N2O4S. The standard InChI is InChI=1S/C11H14N2O4S/c1-12(5-6-18-2)10-7-8(13(16)17)3-4-9(10)11(14)15/h3-4,7H,5-6H2,1-2H3,(H,14,15). The number of carbonyl (C=O) groups is 1. The summed E-state index contributed by atoms with van der Waals surface area (Å²) in [7, 11) is 1.72. The minimum Gasteiger partial charge on any atom is -0.478 e. The number of aromatic carboxylic acids is 1. The Balaban J connectivity index is 3.14. The van der Waals surface area contributed by atoms with E-state index in [0.717, 1.165) is 5.75 Å². The first-order valence-corrected chi connectivity index (χ1v) is 6.58. The van der Waals surface area contributed by atoms with Gasteiger partial charge < -0.3 is 10.0 Å². The molecule has 0 aromatic heterocycles. The number of hydrogen-bond acceptors (Lipinski definition) is 5. The number of hydrogen-bond donors (Lipinski definition) is 1. The minimum absolute atomic E-state index is 0.0733. The van der Waals surface area contributed by atoms with Crippen LogP contribution in [0.5, 0.6) is 0 Å². The summed E-state index contributed by atoms with van der Waals surface area (Å²) in [4.78, 5) is 23.0. The maximum Gasteiger partial charge on any atom is 0.337 e. The Morgan fingerprint density at radius 3 is 2.72 bits per heavy atom. The lowest BCUT2D eigenvalue weighted by Crippen LogP contribution is -2.22. The summed E-state index contributed by atoms with van der Waals surface area (Å²) in [6.07, 6.45) is 1.94. The van der Waals surface area contributed by atoms with Crippen LogP contribution in [0.15, 0.2) is 18.2 Å². The maximum atomic E-state index is 11.1. The highest BCUT2D eigenvalue weighted by Gasteiger charge is 2.17. The molecule has 0 heterocycles. The molecular weight excluding hydrogens is 256 g/mol. The second-order valence-electron chi connectivity index (χ2n) is 3.68. The van der Waals surface area contributed by atoms with Gasteiger partial charge in [0.1, 0.15) is 0 Å². The van der Waals surface area contributed by atoms with Gasteiger partial charge in [-0.2, -0.15) is 11.8 Å². The number of benzene rings is 1. The molecule has 0 unspecified atom stereocenters.